The van der Waals surface area contributed by atoms with E-state index in [4.69, 9.17) is 0 Å². The number of alkyl halides is 3. The molecule has 0 aliphatic heterocycles. The smallest absolute Gasteiger partial charge is 0.416 e. The zero-order valence-corrected chi connectivity index (χ0v) is 13.3. The van der Waals surface area contributed by atoms with Crippen molar-refractivity contribution in [2.45, 2.75) is 38.9 Å². The standard InChI is InChI=1S/C16H16F4N2O2/c1-15(2,3)13-7-12(14(23)24)22(21-13)8-9-6-10(16(18,19)20)4-5-11(9)17/h4-7H,8H2,1-3H3,(H,23,24). The molecule has 1 heterocycles. The Balaban J connectivity index is 2.48. The molecule has 0 amide bonds. The monoisotopic (exact) mass is 344 g/mol. The van der Waals surface area contributed by atoms with E-state index in [0.717, 1.165) is 4.68 Å². The Bertz CT molecular complexity index is 773. The van der Waals surface area contributed by atoms with Crippen LogP contribution in [0.3, 0.4) is 0 Å². The van der Waals surface area contributed by atoms with Gasteiger partial charge in [-0.25, -0.2) is 9.18 Å². The van der Waals surface area contributed by atoms with Crippen LogP contribution in [-0.4, -0.2) is 20.9 Å². The molecule has 2 rings (SSSR count). The predicted octanol–water partition coefficient (Wildman–Crippen LogP) is 4.09. The van der Waals surface area contributed by atoms with Crippen molar-refractivity contribution in [1.29, 1.82) is 0 Å². The molecule has 1 aromatic heterocycles. The minimum Gasteiger partial charge on any atom is -0.477 e. The maximum atomic E-state index is 13.9. The fourth-order valence-corrected chi connectivity index (χ4v) is 2.11. The highest BCUT2D eigenvalue weighted by atomic mass is 19.4. The van der Waals surface area contributed by atoms with Crippen molar-refractivity contribution < 1.29 is 27.5 Å². The second-order valence-corrected chi connectivity index (χ2v) is 6.43. The summed E-state index contributed by atoms with van der Waals surface area (Å²) in [4.78, 5) is 11.3. The number of nitrogens with zero attached hydrogens (tertiary/aromatic N) is 2. The Labute approximate surface area is 135 Å². The molecule has 130 valence electrons. The molecule has 0 spiro atoms. The number of aromatic nitrogens is 2. The molecule has 24 heavy (non-hydrogen) atoms. The molecule has 2 aromatic rings. The van der Waals surface area contributed by atoms with Gasteiger partial charge in [0.2, 0.25) is 0 Å². The number of carboxylic acids is 1. The van der Waals surface area contributed by atoms with Gasteiger partial charge in [0.05, 0.1) is 17.8 Å². The summed E-state index contributed by atoms with van der Waals surface area (Å²) < 4.78 is 53.2. The van der Waals surface area contributed by atoms with E-state index in [9.17, 15) is 27.5 Å². The lowest BCUT2D eigenvalue weighted by molar-refractivity contribution is -0.137. The average Bonchev–Trinajstić information content (AvgIpc) is 2.84. The van der Waals surface area contributed by atoms with E-state index in [0.29, 0.717) is 23.9 Å². The molecule has 1 aromatic carbocycles. The second-order valence-electron chi connectivity index (χ2n) is 6.43. The first-order valence-corrected chi connectivity index (χ1v) is 7.07. The van der Waals surface area contributed by atoms with Crippen molar-refractivity contribution in [3.63, 3.8) is 0 Å². The summed E-state index contributed by atoms with van der Waals surface area (Å²) >= 11 is 0. The van der Waals surface area contributed by atoms with E-state index >= 15 is 0 Å². The number of hydrogen-bond acceptors (Lipinski definition) is 2. The van der Waals surface area contributed by atoms with Crippen LogP contribution in [0, 0.1) is 5.82 Å². The Morgan fingerprint density at radius 3 is 2.33 bits per heavy atom. The largest absolute Gasteiger partial charge is 0.477 e. The topological polar surface area (TPSA) is 55.1 Å². The van der Waals surface area contributed by atoms with Gasteiger partial charge in [-0.15, -0.1) is 0 Å². The number of carbonyl (C=O) groups is 1. The highest BCUT2D eigenvalue weighted by Crippen LogP contribution is 2.31. The molecule has 8 heteroatoms. The lowest BCUT2D eigenvalue weighted by atomic mass is 9.92. The highest BCUT2D eigenvalue weighted by Gasteiger charge is 2.31. The number of benzene rings is 1. The zero-order valence-electron chi connectivity index (χ0n) is 13.3. The normalized spacial score (nSPS) is 12.5. The van der Waals surface area contributed by atoms with Crippen LogP contribution in [0.2, 0.25) is 0 Å². The Morgan fingerprint density at radius 1 is 1.21 bits per heavy atom. The lowest BCUT2D eigenvalue weighted by Crippen LogP contribution is -2.15. The van der Waals surface area contributed by atoms with E-state index in [-0.39, 0.29) is 11.3 Å². The molecule has 0 atom stereocenters. The molecule has 0 bridgehead atoms. The minimum atomic E-state index is -4.61. The van der Waals surface area contributed by atoms with Crippen LogP contribution >= 0.6 is 0 Å². The highest BCUT2D eigenvalue weighted by molar-refractivity contribution is 5.85. The quantitative estimate of drug-likeness (QED) is 0.854. The summed E-state index contributed by atoms with van der Waals surface area (Å²) in [5.41, 5.74) is -1.50. The van der Waals surface area contributed by atoms with Gasteiger partial charge in [-0.05, 0) is 24.3 Å². The van der Waals surface area contributed by atoms with Crippen LogP contribution in [0.15, 0.2) is 24.3 Å². The van der Waals surface area contributed by atoms with Gasteiger partial charge in [0.25, 0.3) is 0 Å². The lowest BCUT2D eigenvalue weighted by Gasteiger charge is -2.14. The molecule has 0 saturated carbocycles. The molecule has 0 aliphatic rings. The van der Waals surface area contributed by atoms with Crippen LogP contribution in [0.1, 0.15) is 48.1 Å². The predicted molar refractivity (Wildman–Crippen MR) is 78.4 cm³/mol. The third-order valence-corrected chi connectivity index (χ3v) is 3.46. The fourth-order valence-electron chi connectivity index (χ4n) is 2.11. The molecular formula is C16H16F4N2O2. The minimum absolute atomic E-state index is 0.211. The van der Waals surface area contributed by atoms with Gasteiger partial charge < -0.3 is 5.11 Å². The van der Waals surface area contributed by atoms with Crippen molar-refractivity contribution in [3.8, 4) is 0 Å². The first-order chi connectivity index (χ1) is 10.9. The summed E-state index contributed by atoms with van der Waals surface area (Å²) in [6, 6.07) is 3.36. The van der Waals surface area contributed by atoms with E-state index in [1.165, 1.54) is 6.07 Å². The van der Waals surface area contributed by atoms with Crippen LogP contribution in [0.5, 0.6) is 0 Å². The van der Waals surface area contributed by atoms with E-state index < -0.39 is 35.5 Å². The van der Waals surface area contributed by atoms with Crippen molar-refractivity contribution in [3.05, 3.63) is 52.6 Å². The van der Waals surface area contributed by atoms with Crippen LogP contribution in [0.25, 0.3) is 0 Å². The SMILES string of the molecule is CC(C)(C)c1cc(C(=O)O)n(Cc2cc(C(F)(F)F)ccc2F)n1. The first-order valence-electron chi connectivity index (χ1n) is 7.07. The number of halogens is 4. The zero-order chi connectivity index (χ0) is 18.3. The van der Waals surface area contributed by atoms with Crippen molar-refractivity contribution in [2.24, 2.45) is 0 Å². The summed E-state index contributed by atoms with van der Waals surface area (Å²) in [5.74, 6) is -2.14. The van der Waals surface area contributed by atoms with Gasteiger partial charge in [0.15, 0.2) is 0 Å². The molecule has 0 fully saturated rings. The van der Waals surface area contributed by atoms with Gasteiger partial charge >= 0.3 is 12.1 Å². The number of rotatable bonds is 3. The third-order valence-electron chi connectivity index (χ3n) is 3.46. The van der Waals surface area contributed by atoms with Gasteiger partial charge in [0, 0.05) is 11.0 Å². The molecule has 0 unspecified atom stereocenters. The Kier molecular flexibility index (Phi) is 4.43. The van der Waals surface area contributed by atoms with Crippen LogP contribution in [0.4, 0.5) is 17.6 Å². The summed E-state index contributed by atoms with van der Waals surface area (Å²) in [6.07, 6.45) is -4.61. The summed E-state index contributed by atoms with van der Waals surface area (Å²) in [6.45, 7) is 5.04. The van der Waals surface area contributed by atoms with E-state index in [2.05, 4.69) is 5.10 Å². The molecule has 0 radical (unpaired) electrons. The van der Waals surface area contributed by atoms with Crippen molar-refractivity contribution >= 4 is 5.97 Å². The summed E-state index contributed by atoms with van der Waals surface area (Å²) in [7, 11) is 0. The molecule has 4 nitrogen and oxygen atoms in total. The number of carboxylic acid groups (broad SMARTS) is 1. The van der Waals surface area contributed by atoms with Crippen molar-refractivity contribution in [2.75, 3.05) is 0 Å². The molecule has 1 N–H and O–H groups in total. The molecular weight excluding hydrogens is 328 g/mol. The molecule has 0 aliphatic carbocycles. The van der Waals surface area contributed by atoms with E-state index in [1.54, 1.807) is 0 Å². The van der Waals surface area contributed by atoms with Gasteiger partial charge in [-0.3, -0.25) is 4.68 Å². The van der Waals surface area contributed by atoms with Crippen LogP contribution in [-0.2, 0) is 18.1 Å². The fraction of sp³-hybridized carbons (Fsp3) is 0.375. The summed E-state index contributed by atoms with van der Waals surface area (Å²) in [5, 5.41) is 13.4. The Morgan fingerprint density at radius 2 is 1.83 bits per heavy atom. The number of aromatic carboxylic acids is 1. The number of hydrogen-bond donors (Lipinski definition) is 1. The van der Waals surface area contributed by atoms with Crippen molar-refractivity contribution in [1.82, 2.24) is 9.78 Å². The van der Waals surface area contributed by atoms with Gasteiger partial charge in [0.1, 0.15) is 11.5 Å². The van der Waals surface area contributed by atoms with Gasteiger partial charge in [-0.1, -0.05) is 20.8 Å². The second kappa shape index (κ2) is 5.92. The third kappa shape index (κ3) is 3.74. The maximum Gasteiger partial charge on any atom is 0.416 e. The van der Waals surface area contributed by atoms with Gasteiger partial charge in [-0.2, -0.15) is 18.3 Å². The Hall–Kier alpha value is -2.38. The molecule has 0 saturated heterocycles. The first kappa shape index (κ1) is 18.0. The maximum absolute atomic E-state index is 13.9. The van der Waals surface area contributed by atoms with E-state index in [1.807, 2.05) is 20.8 Å². The average molecular weight is 344 g/mol. The van der Waals surface area contributed by atoms with Crippen LogP contribution < -0.4 is 0 Å².